The SMILES string of the molecule is O=C(Cc1csc(-c2cccnc2)n1)Nc1ccc(N2CCCS2(=O)=O)cc1. The Morgan fingerprint density at radius 2 is 2.04 bits per heavy atom. The fourth-order valence-electron chi connectivity index (χ4n) is 3.02. The van der Waals surface area contributed by atoms with Crippen LogP contribution in [0.1, 0.15) is 12.1 Å². The van der Waals surface area contributed by atoms with Crippen LogP contribution in [-0.4, -0.2) is 36.6 Å². The number of hydrogen-bond donors (Lipinski definition) is 1. The number of carbonyl (C=O) groups is 1. The van der Waals surface area contributed by atoms with Gasteiger partial charge in [-0.2, -0.15) is 0 Å². The summed E-state index contributed by atoms with van der Waals surface area (Å²) >= 11 is 1.47. The van der Waals surface area contributed by atoms with E-state index in [0.717, 1.165) is 10.6 Å². The largest absolute Gasteiger partial charge is 0.326 e. The van der Waals surface area contributed by atoms with Crippen molar-refractivity contribution in [1.82, 2.24) is 9.97 Å². The van der Waals surface area contributed by atoms with Crippen LogP contribution in [0.2, 0.25) is 0 Å². The van der Waals surface area contributed by atoms with E-state index in [-0.39, 0.29) is 18.1 Å². The zero-order valence-electron chi connectivity index (χ0n) is 14.9. The second-order valence-corrected chi connectivity index (χ2v) is 9.27. The maximum Gasteiger partial charge on any atom is 0.235 e. The predicted octanol–water partition coefficient (Wildman–Crippen LogP) is 2.93. The molecule has 1 amide bonds. The molecular weight excluding hydrogens is 396 g/mol. The Kier molecular flexibility index (Phi) is 5.10. The third kappa shape index (κ3) is 4.05. The number of thiazole rings is 1. The second kappa shape index (κ2) is 7.69. The minimum Gasteiger partial charge on any atom is -0.326 e. The normalized spacial score (nSPS) is 15.5. The summed E-state index contributed by atoms with van der Waals surface area (Å²) in [5.41, 5.74) is 2.86. The van der Waals surface area contributed by atoms with Gasteiger partial charge in [0.2, 0.25) is 15.9 Å². The number of hydrogen-bond acceptors (Lipinski definition) is 6. The van der Waals surface area contributed by atoms with Crippen LogP contribution < -0.4 is 9.62 Å². The maximum atomic E-state index is 12.3. The van der Waals surface area contributed by atoms with Gasteiger partial charge in [-0.05, 0) is 42.8 Å². The smallest absolute Gasteiger partial charge is 0.235 e. The van der Waals surface area contributed by atoms with Gasteiger partial charge >= 0.3 is 0 Å². The van der Waals surface area contributed by atoms with Gasteiger partial charge in [-0.25, -0.2) is 13.4 Å². The number of sulfonamides is 1. The molecule has 1 aliphatic rings. The number of carbonyl (C=O) groups excluding carboxylic acids is 1. The van der Waals surface area contributed by atoms with Crippen molar-refractivity contribution < 1.29 is 13.2 Å². The van der Waals surface area contributed by atoms with Crippen molar-refractivity contribution in [2.75, 3.05) is 21.9 Å². The molecule has 28 heavy (non-hydrogen) atoms. The van der Waals surface area contributed by atoms with E-state index in [9.17, 15) is 13.2 Å². The van der Waals surface area contributed by atoms with E-state index in [1.807, 2.05) is 17.5 Å². The van der Waals surface area contributed by atoms with Crippen LogP contribution in [0.15, 0.2) is 54.2 Å². The molecule has 0 saturated carbocycles. The molecule has 144 valence electrons. The highest BCUT2D eigenvalue weighted by molar-refractivity contribution is 7.93. The molecule has 3 heterocycles. The molecule has 1 saturated heterocycles. The third-order valence-corrected chi connectivity index (χ3v) is 7.15. The average Bonchev–Trinajstić information content (AvgIpc) is 3.29. The monoisotopic (exact) mass is 414 g/mol. The number of pyridine rings is 1. The first-order valence-electron chi connectivity index (χ1n) is 8.76. The molecule has 2 aromatic heterocycles. The molecule has 0 bridgehead atoms. The third-order valence-electron chi connectivity index (χ3n) is 4.34. The molecule has 1 aliphatic heterocycles. The first kappa shape index (κ1) is 18.6. The Morgan fingerprint density at radius 1 is 1.21 bits per heavy atom. The summed E-state index contributed by atoms with van der Waals surface area (Å²) in [6.45, 7) is 0.497. The van der Waals surface area contributed by atoms with E-state index >= 15 is 0 Å². The van der Waals surface area contributed by atoms with Crippen LogP contribution in [0, 0.1) is 0 Å². The lowest BCUT2D eigenvalue weighted by Crippen LogP contribution is -2.25. The molecule has 7 nitrogen and oxygen atoms in total. The van der Waals surface area contributed by atoms with E-state index in [1.165, 1.54) is 15.6 Å². The zero-order valence-corrected chi connectivity index (χ0v) is 16.5. The molecule has 1 N–H and O–H groups in total. The highest BCUT2D eigenvalue weighted by Gasteiger charge is 2.28. The summed E-state index contributed by atoms with van der Waals surface area (Å²) in [6, 6.07) is 10.6. The quantitative estimate of drug-likeness (QED) is 0.693. The van der Waals surface area contributed by atoms with Gasteiger partial charge in [0, 0.05) is 35.6 Å². The fourth-order valence-corrected chi connectivity index (χ4v) is 5.40. The van der Waals surface area contributed by atoms with Gasteiger partial charge in [0.15, 0.2) is 0 Å². The number of nitrogens with zero attached hydrogens (tertiary/aromatic N) is 3. The summed E-state index contributed by atoms with van der Waals surface area (Å²) in [5, 5.41) is 5.51. The van der Waals surface area contributed by atoms with Gasteiger partial charge in [0.05, 0.1) is 23.6 Å². The lowest BCUT2D eigenvalue weighted by Gasteiger charge is -2.17. The van der Waals surface area contributed by atoms with Gasteiger partial charge in [0.25, 0.3) is 0 Å². The molecule has 0 atom stereocenters. The highest BCUT2D eigenvalue weighted by Crippen LogP contribution is 2.26. The minimum absolute atomic E-state index is 0.166. The Morgan fingerprint density at radius 3 is 2.71 bits per heavy atom. The van der Waals surface area contributed by atoms with Crippen molar-refractivity contribution in [2.45, 2.75) is 12.8 Å². The van der Waals surface area contributed by atoms with E-state index < -0.39 is 10.0 Å². The number of amides is 1. The topological polar surface area (TPSA) is 92.3 Å². The Hall–Kier alpha value is -2.78. The summed E-state index contributed by atoms with van der Waals surface area (Å²) in [7, 11) is -3.20. The van der Waals surface area contributed by atoms with Gasteiger partial charge < -0.3 is 5.32 Å². The van der Waals surface area contributed by atoms with Crippen molar-refractivity contribution in [1.29, 1.82) is 0 Å². The van der Waals surface area contributed by atoms with Gasteiger partial charge in [-0.3, -0.25) is 14.1 Å². The summed E-state index contributed by atoms with van der Waals surface area (Å²) in [4.78, 5) is 20.9. The Balaban J connectivity index is 1.38. The number of aromatic nitrogens is 2. The van der Waals surface area contributed by atoms with Gasteiger partial charge in [0.1, 0.15) is 5.01 Å². The first-order chi connectivity index (χ1) is 13.5. The van der Waals surface area contributed by atoms with E-state index in [2.05, 4.69) is 15.3 Å². The Bertz CT molecular complexity index is 1080. The average molecular weight is 415 g/mol. The van der Waals surface area contributed by atoms with Gasteiger partial charge in [-0.15, -0.1) is 11.3 Å². The van der Waals surface area contributed by atoms with Crippen molar-refractivity contribution in [3.8, 4) is 10.6 Å². The number of benzene rings is 1. The lowest BCUT2D eigenvalue weighted by molar-refractivity contribution is -0.115. The number of anilines is 2. The van der Waals surface area contributed by atoms with E-state index in [4.69, 9.17) is 0 Å². The minimum atomic E-state index is -3.20. The molecule has 9 heteroatoms. The molecular formula is C19H18N4O3S2. The zero-order chi connectivity index (χ0) is 19.6. The standard InChI is InChI=1S/C19H18N4O3S2/c24-18(11-16-13-27-19(22-16)14-3-1-8-20-12-14)21-15-4-6-17(7-5-15)23-9-2-10-28(23,25)26/h1,3-8,12-13H,2,9-11H2,(H,21,24). The summed E-state index contributed by atoms with van der Waals surface area (Å²) < 4.78 is 25.4. The molecule has 1 fully saturated rings. The molecule has 3 aromatic rings. The second-order valence-electron chi connectivity index (χ2n) is 6.40. The summed E-state index contributed by atoms with van der Waals surface area (Å²) in [5.74, 6) is 0.00440. The van der Waals surface area contributed by atoms with Crippen molar-refractivity contribution >= 4 is 38.6 Å². The van der Waals surface area contributed by atoms with Crippen LogP contribution in [0.4, 0.5) is 11.4 Å². The van der Waals surface area contributed by atoms with Crippen LogP contribution in [0.3, 0.4) is 0 Å². The Labute approximate surface area is 167 Å². The van der Waals surface area contributed by atoms with Crippen LogP contribution in [-0.2, 0) is 21.2 Å². The maximum absolute atomic E-state index is 12.3. The molecule has 1 aromatic carbocycles. The fraction of sp³-hybridized carbons (Fsp3) is 0.211. The lowest BCUT2D eigenvalue weighted by atomic mass is 10.2. The summed E-state index contributed by atoms with van der Waals surface area (Å²) in [6.07, 6.45) is 4.25. The molecule has 0 unspecified atom stereocenters. The van der Waals surface area contributed by atoms with E-state index in [1.54, 1.807) is 36.7 Å². The predicted molar refractivity (Wildman–Crippen MR) is 110 cm³/mol. The highest BCUT2D eigenvalue weighted by atomic mass is 32.2. The van der Waals surface area contributed by atoms with Crippen LogP contribution >= 0.6 is 11.3 Å². The number of rotatable bonds is 5. The van der Waals surface area contributed by atoms with Crippen LogP contribution in [0.25, 0.3) is 10.6 Å². The number of nitrogens with one attached hydrogen (secondary N) is 1. The van der Waals surface area contributed by atoms with Crippen molar-refractivity contribution in [2.24, 2.45) is 0 Å². The first-order valence-corrected chi connectivity index (χ1v) is 11.3. The molecule has 0 aliphatic carbocycles. The molecule has 4 rings (SSSR count). The molecule has 0 radical (unpaired) electrons. The van der Waals surface area contributed by atoms with Crippen molar-refractivity contribution in [3.05, 3.63) is 59.9 Å². The van der Waals surface area contributed by atoms with E-state index in [0.29, 0.717) is 30.0 Å². The van der Waals surface area contributed by atoms with Crippen LogP contribution in [0.5, 0.6) is 0 Å². The van der Waals surface area contributed by atoms with Gasteiger partial charge in [-0.1, -0.05) is 0 Å². The van der Waals surface area contributed by atoms with Crippen molar-refractivity contribution in [3.63, 3.8) is 0 Å². The molecule has 0 spiro atoms.